The molecule has 2 fully saturated rings. The molecule has 212 valence electrons. The second kappa shape index (κ2) is 11.3. The first-order chi connectivity index (χ1) is 19.8. The van der Waals surface area contributed by atoms with E-state index in [0.717, 1.165) is 16.8 Å². The Bertz CT molecular complexity index is 1500. The van der Waals surface area contributed by atoms with E-state index in [1.165, 1.54) is 30.0 Å². The number of benzene rings is 3. The van der Waals surface area contributed by atoms with Crippen LogP contribution in [0.5, 0.6) is 0 Å². The lowest BCUT2D eigenvalue weighted by Crippen LogP contribution is -2.41. The van der Waals surface area contributed by atoms with Crippen LogP contribution in [0.2, 0.25) is 0 Å². The van der Waals surface area contributed by atoms with Gasteiger partial charge in [-0.15, -0.1) is 23.4 Å². The zero-order valence-corrected chi connectivity index (χ0v) is 23.4. The maximum atomic E-state index is 13.7. The number of fused-ring (bicyclic) bond motifs is 3. The number of hydrogen-bond acceptors (Lipinski definition) is 8. The number of para-hydroxylation sites is 2. The van der Waals surface area contributed by atoms with Crippen LogP contribution < -0.4 is 5.32 Å². The van der Waals surface area contributed by atoms with Crippen LogP contribution in [0.4, 0.5) is 17.1 Å². The van der Waals surface area contributed by atoms with Gasteiger partial charge in [-0.25, -0.2) is 0 Å². The Morgan fingerprint density at radius 3 is 2.41 bits per heavy atom. The second-order valence-corrected chi connectivity index (χ2v) is 12.2. The van der Waals surface area contributed by atoms with Gasteiger partial charge in [-0.2, -0.15) is 0 Å². The molecule has 0 spiro atoms. The first kappa shape index (κ1) is 27.5. The number of amides is 1. The van der Waals surface area contributed by atoms with Crippen molar-refractivity contribution >= 4 is 46.3 Å². The van der Waals surface area contributed by atoms with E-state index in [1.807, 2.05) is 18.2 Å². The molecule has 1 saturated carbocycles. The molecular weight excluding hydrogens is 568 g/mol. The van der Waals surface area contributed by atoms with Gasteiger partial charge in [-0.1, -0.05) is 36.4 Å². The van der Waals surface area contributed by atoms with Crippen molar-refractivity contribution in [2.75, 3.05) is 31.6 Å². The lowest BCUT2D eigenvalue weighted by molar-refractivity contribution is -0.387. The van der Waals surface area contributed by atoms with Gasteiger partial charge >= 0.3 is 0 Å². The van der Waals surface area contributed by atoms with Crippen molar-refractivity contribution in [1.29, 1.82) is 0 Å². The van der Waals surface area contributed by atoms with Crippen molar-refractivity contribution in [2.24, 2.45) is 5.92 Å². The fourth-order valence-corrected chi connectivity index (χ4v) is 8.21. The van der Waals surface area contributed by atoms with Crippen LogP contribution in [0.25, 0.3) is 0 Å². The minimum absolute atomic E-state index is 0.00356. The van der Waals surface area contributed by atoms with Crippen molar-refractivity contribution in [3.63, 3.8) is 0 Å². The van der Waals surface area contributed by atoms with Crippen molar-refractivity contribution < 1.29 is 19.4 Å². The summed E-state index contributed by atoms with van der Waals surface area (Å²) in [5.41, 5.74) is 3.10. The molecule has 0 unspecified atom stereocenters. The summed E-state index contributed by atoms with van der Waals surface area (Å²) in [7, 11) is 0. The molecule has 10 nitrogen and oxygen atoms in total. The number of nitro benzene ring substituents is 2. The second-order valence-electron chi connectivity index (χ2n) is 10.4. The molecule has 5 atom stereocenters. The van der Waals surface area contributed by atoms with Gasteiger partial charge in [-0.05, 0) is 35.6 Å². The summed E-state index contributed by atoms with van der Waals surface area (Å²) >= 11 is 8.65. The molecule has 12 heteroatoms. The summed E-state index contributed by atoms with van der Waals surface area (Å²) in [6.07, 6.45) is 0.658. The van der Waals surface area contributed by atoms with Crippen molar-refractivity contribution in [3.8, 4) is 0 Å². The van der Waals surface area contributed by atoms with Crippen LogP contribution in [-0.4, -0.2) is 57.6 Å². The van der Waals surface area contributed by atoms with Crippen LogP contribution >= 0.6 is 23.4 Å². The van der Waals surface area contributed by atoms with Crippen molar-refractivity contribution in [2.45, 2.75) is 33.9 Å². The van der Waals surface area contributed by atoms with Gasteiger partial charge in [0.05, 0.1) is 50.6 Å². The Labute approximate surface area is 245 Å². The standard InChI is InChI=1S/C29H27ClN4O6S/c30-26-24(41-23-7-2-1-6-22(23)34(38)39)16-21-25(26)19-4-3-5-20(29(35)32-12-14-40-15-13-32)28(19)31-27(21)17-8-10-18(11-9-17)33(36)37/h1-11,21,24-27,31H,12-16H2/t21-,24+,25+,26-,27+/m1/s1. The molecule has 1 N–H and O–H groups in total. The summed E-state index contributed by atoms with van der Waals surface area (Å²) < 4.78 is 5.43. The number of nitrogens with zero attached hydrogens (tertiary/aromatic N) is 3. The van der Waals surface area contributed by atoms with Crippen molar-refractivity contribution in [1.82, 2.24) is 4.90 Å². The molecule has 3 aliphatic rings. The number of anilines is 1. The zero-order chi connectivity index (χ0) is 28.7. The fourth-order valence-electron chi connectivity index (χ4n) is 6.26. The predicted octanol–water partition coefficient (Wildman–Crippen LogP) is 6.01. The average molecular weight is 595 g/mol. The van der Waals surface area contributed by atoms with Crippen LogP contribution in [0, 0.1) is 26.1 Å². The van der Waals surface area contributed by atoms with Gasteiger partial charge < -0.3 is 15.0 Å². The Morgan fingerprint density at radius 2 is 1.71 bits per heavy atom. The molecule has 1 aliphatic carbocycles. The summed E-state index contributed by atoms with van der Waals surface area (Å²) in [6.45, 7) is 1.98. The minimum Gasteiger partial charge on any atom is -0.378 e. The number of morpholine rings is 1. The molecule has 1 amide bonds. The van der Waals surface area contributed by atoms with Gasteiger partial charge in [-0.3, -0.25) is 25.0 Å². The molecule has 6 rings (SSSR count). The predicted molar refractivity (Wildman–Crippen MR) is 156 cm³/mol. The third-order valence-corrected chi connectivity index (χ3v) is 10.3. The van der Waals surface area contributed by atoms with E-state index in [-0.39, 0.29) is 50.7 Å². The van der Waals surface area contributed by atoms with E-state index in [2.05, 4.69) is 5.32 Å². The Kier molecular flexibility index (Phi) is 7.58. The first-order valence-corrected chi connectivity index (χ1v) is 14.7. The van der Waals surface area contributed by atoms with Gasteiger partial charge in [0.1, 0.15) is 0 Å². The average Bonchev–Trinajstić information content (AvgIpc) is 3.32. The van der Waals surface area contributed by atoms with Crippen LogP contribution in [0.15, 0.2) is 71.6 Å². The number of halogens is 1. The summed E-state index contributed by atoms with van der Waals surface area (Å²) in [4.78, 5) is 38.2. The fraction of sp³-hybridized carbons (Fsp3) is 0.345. The molecule has 2 aliphatic heterocycles. The molecule has 3 aromatic rings. The Balaban J connectivity index is 1.40. The van der Waals surface area contributed by atoms with Gasteiger partial charge in [0.15, 0.2) is 0 Å². The Hall–Kier alpha value is -3.67. The van der Waals surface area contributed by atoms with E-state index in [0.29, 0.717) is 43.2 Å². The number of thioether (sulfide) groups is 1. The van der Waals surface area contributed by atoms with Crippen molar-refractivity contribution in [3.05, 3.63) is 104 Å². The van der Waals surface area contributed by atoms with Crippen LogP contribution in [0.3, 0.4) is 0 Å². The molecule has 0 bridgehead atoms. The van der Waals surface area contributed by atoms with Crippen LogP contribution in [0.1, 0.15) is 39.9 Å². The summed E-state index contributed by atoms with van der Waals surface area (Å²) in [5.74, 6) is -0.250. The lowest BCUT2D eigenvalue weighted by atomic mass is 9.76. The molecule has 41 heavy (non-hydrogen) atoms. The quantitative estimate of drug-likeness (QED) is 0.209. The van der Waals surface area contributed by atoms with E-state index in [9.17, 15) is 25.0 Å². The number of carbonyl (C=O) groups excluding carboxylic acids is 1. The molecule has 3 aromatic carbocycles. The topological polar surface area (TPSA) is 128 Å². The third kappa shape index (κ3) is 5.13. The molecular formula is C29H27ClN4O6S. The minimum atomic E-state index is -0.431. The third-order valence-electron chi connectivity index (χ3n) is 8.18. The number of nitrogens with one attached hydrogen (secondary N) is 1. The number of ether oxygens (including phenoxy) is 1. The van der Waals surface area contributed by atoms with E-state index in [4.69, 9.17) is 16.3 Å². The number of carbonyl (C=O) groups is 1. The van der Waals surface area contributed by atoms with Gasteiger partial charge in [0.25, 0.3) is 17.3 Å². The highest BCUT2D eigenvalue weighted by atomic mass is 35.5. The van der Waals surface area contributed by atoms with E-state index >= 15 is 0 Å². The highest BCUT2D eigenvalue weighted by Crippen LogP contribution is 2.58. The van der Waals surface area contributed by atoms with Crippen LogP contribution in [-0.2, 0) is 4.74 Å². The smallest absolute Gasteiger partial charge is 0.282 e. The SMILES string of the molecule is O=C(c1cccc2c1N[C@@H](c1ccc([N+](=O)[O-])cc1)[C@@H]1C[C@H](Sc3ccccc3[N+](=O)[O-])[C@@H](Cl)[C@@H]21)N1CCOCC1. The van der Waals surface area contributed by atoms with Gasteiger partial charge in [0.2, 0.25) is 0 Å². The normalized spacial score (nSPS) is 25.1. The largest absolute Gasteiger partial charge is 0.378 e. The number of rotatable bonds is 6. The Morgan fingerprint density at radius 1 is 0.976 bits per heavy atom. The lowest BCUT2D eigenvalue weighted by Gasteiger charge is -2.39. The zero-order valence-electron chi connectivity index (χ0n) is 21.9. The van der Waals surface area contributed by atoms with Gasteiger partial charge in [0, 0.05) is 42.5 Å². The molecule has 0 radical (unpaired) electrons. The number of alkyl halides is 1. The molecule has 0 aromatic heterocycles. The first-order valence-electron chi connectivity index (χ1n) is 13.4. The highest BCUT2D eigenvalue weighted by molar-refractivity contribution is 8.00. The maximum Gasteiger partial charge on any atom is 0.282 e. The number of nitro groups is 2. The summed E-state index contributed by atoms with van der Waals surface area (Å²) in [5, 5.41) is 26.1. The van der Waals surface area contributed by atoms with E-state index in [1.54, 1.807) is 35.2 Å². The number of hydrogen-bond donors (Lipinski definition) is 1. The monoisotopic (exact) mass is 594 g/mol. The molecule has 2 heterocycles. The summed E-state index contributed by atoms with van der Waals surface area (Å²) in [6, 6.07) is 18.5. The number of non-ortho nitro benzene ring substituents is 1. The molecule has 1 saturated heterocycles. The highest BCUT2D eigenvalue weighted by Gasteiger charge is 2.51. The van der Waals surface area contributed by atoms with E-state index < -0.39 is 4.92 Å². The maximum absolute atomic E-state index is 13.7.